The molecule has 0 spiro atoms. The maximum Gasteiger partial charge on any atom is 0.0406 e. The highest BCUT2D eigenvalue weighted by Gasteiger charge is 2.26. The number of rotatable bonds is 5. The molecule has 1 aromatic rings. The van der Waals surface area contributed by atoms with Crippen LogP contribution >= 0.6 is 11.6 Å². The van der Waals surface area contributed by atoms with Gasteiger partial charge in [0.1, 0.15) is 0 Å². The monoisotopic (exact) mass is 223 g/mol. The predicted octanol–water partition coefficient (Wildman–Crippen LogP) is 3.27. The summed E-state index contributed by atoms with van der Waals surface area (Å²) in [5.74, 6) is 0.940. The van der Waals surface area contributed by atoms with Crippen LogP contribution in [-0.2, 0) is 6.42 Å². The summed E-state index contributed by atoms with van der Waals surface area (Å²) in [6.07, 6.45) is 3.92. The van der Waals surface area contributed by atoms with Crippen LogP contribution in [0.15, 0.2) is 24.3 Å². The van der Waals surface area contributed by atoms with Crippen molar-refractivity contribution in [3.8, 4) is 0 Å². The highest BCUT2D eigenvalue weighted by atomic mass is 35.5. The van der Waals surface area contributed by atoms with Gasteiger partial charge in [0.05, 0.1) is 0 Å². The Morgan fingerprint density at radius 3 is 2.60 bits per heavy atom. The third-order valence-electron chi connectivity index (χ3n) is 3.12. The Labute approximate surface area is 96.8 Å². The van der Waals surface area contributed by atoms with Crippen molar-refractivity contribution in [1.82, 2.24) is 5.32 Å². The van der Waals surface area contributed by atoms with E-state index >= 15 is 0 Å². The largest absolute Gasteiger partial charge is 0.314 e. The molecule has 0 heterocycles. The Morgan fingerprint density at radius 2 is 2.00 bits per heavy atom. The molecule has 15 heavy (non-hydrogen) atoms. The van der Waals surface area contributed by atoms with Gasteiger partial charge in [-0.05, 0) is 56.3 Å². The second-order valence-electron chi connectivity index (χ2n) is 4.46. The summed E-state index contributed by atoms with van der Waals surface area (Å²) in [6, 6.07) is 8.82. The second-order valence-corrected chi connectivity index (χ2v) is 4.89. The molecule has 1 atom stereocenters. The third kappa shape index (κ3) is 3.51. The number of nitrogens with one attached hydrogen (secondary N) is 1. The lowest BCUT2D eigenvalue weighted by molar-refractivity contribution is 0.500. The molecule has 1 N–H and O–H groups in total. The topological polar surface area (TPSA) is 12.0 Å². The molecule has 1 aromatic carbocycles. The highest BCUT2D eigenvalue weighted by molar-refractivity contribution is 6.30. The molecule has 0 aliphatic heterocycles. The molecule has 1 saturated carbocycles. The fourth-order valence-corrected chi connectivity index (χ4v) is 1.98. The number of hydrogen-bond donors (Lipinski definition) is 1. The van der Waals surface area contributed by atoms with Gasteiger partial charge in [0, 0.05) is 11.1 Å². The van der Waals surface area contributed by atoms with Gasteiger partial charge in [-0.1, -0.05) is 23.7 Å². The Balaban J connectivity index is 1.70. The van der Waals surface area contributed by atoms with Crippen LogP contribution in [0.3, 0.4) is 0 Å². The van der Waals surface area contributed by atoms with Crippen molar-refractivity contribution in [3.63, 3.8) is 0 Å². The SMILES string of the molecule is C[C@@H](NCCc1ccc(Cl)cc1)C1CC1. The van der Waals surface area contributed by atoms with Crippen LogP contribution in [0, 0.1) is 5.92 Å². The maximum absolute atomic E-state index is 5.83. The van der Waals surface area contributed by atoms with E-state index in [0.717, 1.165) is 23.9 Å². The van der Waals surface area contributed by atoms with Crippen LogP contribution in [-0.4, -0.2) is 12.6 Å². The first-order valence-corrected chi connectivity index (χ1v) is 6.11. The van der Waals surface area contributed by atoms with Crippen molar-refractivity contribution < 1.29 is 0 Å². The molecule has 0 radical (unpaired) electrons. The molecule has 0 bridgehead atoms. The summed E-state index contributed by atoms with van der Waals surface area (Å²) in [5.41, 5.74) is 1.36. The zero-order valence-electron chi connectivity index (χ0n) is 9.17. The van der Waals surface area contributed by atoms with E-state index in [2.05, 4.69) is 24.4 Å². The van der Waals surface area contributed by atoms with Gasteiger partial charge in [-0.3, -0.25) is 0 Å². The smallest absolute Gasteiger partial charge is 0.0406 e. The quantitative estimate of drug-likeness (QED) is 0.808. The molecule has 82 valence electrons. The van der Waals surface area contributed by atoms with Gasteiger partial charge >= 0.3 is 0 Å². The van der Waals surface area contributed by atoms with Crippen LogP contribution in [0.5, 0.6) is 0 Å². The second kappa shape index (κ2) is 5.00. The first-order valence-electron chi connectivity index (χ1n) is 5.73. The average molecular weight is 224 g/mol. The minimum absolute atomic E-state index is 0.692. The lowest BCUT2D eigenvalue weighted by atomic mass is 10.1. The molecule has 1 aliphatic rings. The average Bonchev–Trinajstić information content (AvgIpc) is 3.04. The lowest BCUT2D eigenvalue weighted by Crippen LogP contribution is -2.29. The minimum Gasteiger partial charge on any atom is -0.314 e. The van der Waals surface area contributed by atoms with Crippen molar-refractivity contribution >= 4 is 11.6 Å². The summed E-state index contributed by atoms with van der Waals surface area (Å²) >= 11 is 5.83. The van der Waals surface area contributed by atoms with Crippen LogP contribution in [0.2, 0.25) is 5.02 Å². The van der Waals surface area contributed by atoms with Gasteiger partial charge in [-0.25, -0.2) is 0 Å². The standard InChI is InChI=1S/C13H18ClN/c1-10(12-4-5-12)15-9-8-11-2-6-13(14)7-3-11/h2-3,6-7,10,12,15H,4-5,8-9H2,1H3/t10-/m1/s1. The van der Waals surface area contributed by atoms with E-state index in [1.54, 1.807) is 0 Å². The summed E-state index contributed by atoms with van der Waals surface area (Å²) < 4.78 is 0. The van der Waals surface area contributed by atoms with Crippen LogP contribution < -0.4 is 5.32 Å². The van der Waals surface area contributed by atoms with Crippen molar-refractivity contribution in [2.75, 3.05) is 6.54 Å². The van der Waals surface area contributed by atoms with E-state index in [0.29, 0.717) is 6.04 Å². The Kier molecular flexibility index (Phi) is 3.66. The number of halogens is 1. The molecule has 2 heteroatoms. The first kappa shape index (κ1) is 11.0. The first-order chi connectivity index (χ1) is 7.25. The molecule has 2 rings (SSSR count). The van der Waals surface area contributed by atoms with Gasteiger partial charge in [-0.15, -0.1) is 0 Å². The Bertz CT molecular complexity index is 303. The van der Waals surface area contributed by atoms with E-state index < -0.39 is 0 Å². The van der Waals surface area contributed by atoms with Crippen molar-refractivity contribution in [3.05, 3.63) is 34.9 Å². The van der Waals surface area contributed by atoms with E-state index in [9.17, 15) is 0 Å². The fraction of sp³-hybridized carbons (Fsp3) is 0.538. The van der Waals surface area contributed by atoms with Crippen LogP contribution in [0.1, 0.15) is 25.3 Å². The number of hydrogen-bond acceptors (Lipinski definition) is 1. The van der Waals surface area contributed by atoms with E-state index in [4.69, 9.17) is 11.6 Å². The molecule has 0 saturated heterocycles. The molecule has 1 fully saturated rings. The molecule has 0 unspecified atom stereocenters. The van der Waals surface area contributed by atoms with E-state index in [1.165, 1.54) is 18.4 Å². The summed E-state index contributed by atoms with van der Waals surface area (Å²) in [7, 11) is 0. The molecule has 1 nitrogen and oxygen atoms in total. The predicted molar refractivity (Wildman–Crippen MR) is 65.3 cm³/mol. The lowest BCUT2D eigenvalue weighted by Gasteiger charge is -2.12. The summed E-state index contributed by atoms with van der Waals surface area (Å²) in [6.45, 7) is 3.36. The molecule has 0 aromatic heterocycles. The minimum atomic E-state index is 0.692. The van der Waals surface area contributed by atoms with E-state index in [1.807, 2.05) is 12.1 Å². The van der Waals surface area contributed by atoms with Crippen LogP contribution in [0.25, 0.3) is 0 Å². The fourth-order valence-electron chi connectivity index (χ4n) is 1.86. The van der Waals surface area contributed by atoms with Gasteiger partial charge in [-0.2, -0.15) is 0 Å². The Hall–Kier alpha value is -0.530. The van der Waals surface area contributed by atoms with Gasteiger partial charge < -0.3 is 5.32 Å². The van der Waals surface area contributed by atoms with Gasteiger partial charge in [0.2, 0.25) is 0 Å². The highest BCUT2D eigenvalue weighted by Crippen LogP contribution is 2.32. The normalized spacial score (nSPS) is 17.7. The molecule has 1 aliphatic carbocycles. The summed E-state index contributed by atoms with van der Waals surface area (Å²) in [5, 5.41) is 4.39. The van der Waals surface area contributed by atoms with E-state index in [-0.39, 0.29) is 0 Å². The zero-order valence-corrected chi connectivity index (χ0v) is 9.93. The van der Waals surface area contributed by atoms with Crippen molar-refractivity contribution in [2.24, 2.45) is 5.92 Å². The van der Waals surface area contributed by atoms with Crippen LogP contribution in [0.4, 0.5) is 0 Å². The molecular formula is C13H18ClN. The number of benzene rings is 1. The summed E-state index contributed by atoms with van der Waals surface area (Å²) in [4.78, 5) is 0. The molecule has 0 amide bonds. The van der Waals surface area contributed by atoms with Crippen molar-refractivity contribution in [1.29, 1.82) is 0 Å². The molecular weight excluding hydrogens is 206 g/mol. The van der Waals surface area contributed by atoms with Crippen molar-refractivity contribution in [2.45, 2.75) is 32.2 Å². The maximum atomic E-state index is 5.83. The Morgan fingerprint density at radius 1 is 1.33 bits per heavy atom. The third-order valence-corrected chi connectivity index (χ3v) is 3.37. The van der Waals surface area contributed by atoms with Gasteiger partial charge in [0.25, 0.3) is 0 Å². The van der Waals surface area contributed by atoms with Gasteiger partial charge in [0.15, 0.2) is 0 Å². The zero-order chi connectivity index (χ0) is 10.7.